The van der Waals surface area contributed by atoms with Crippen LogP contribution in [0.1, 0.15) is 31.9 Å². The minimum absolute atomic E-state index is 0.138. The molecule has 1 aromatic heterocycles. The smallest absolute Gasteiger partial charge is 0.277 e. The summed E-state index contributed by atoms with van der Waals surface area (Å²) < 4.78 is 5.75. The molecule has 0 radical (unpaired) electrons. The lowest BCUT2D eigenvalue weighted by Crippen LogP contribution is -2.10. The predicted molar refractivity (Wildman–Crippen MR) is 105 cm³/mol. The van der Waals surface area contributed by atoms with Gasteiger partial charge in [-0.15, -0.1) is 10.2 Å². The average molecular weight is 350 g/mol. The van der Waals surface area contributed by atoms with E-state index in [0.29, 0.717) is 11.1 Å². The lowest BCUT2D eigenvalue weighted by molar-refractivity contribution is 0.466. The molecule has 0 aliphatic carbocycles. The van der Waals surface area contributed by atoms with Gasteiger partial charge in [-0.25, -0.2) is 0 Å². The first-order valence-electron chi connectivity index (χ1n) is 8.31. The molecule has 3 rings (SSSR count). The molecule has 0 aliphatic rings. The van der Waals surface area contributed by atoms with E-state index in [1.807, 2.05) is 30.3 Å². The van der Waals surface area contributed by atoms with Crippen molar-refractivity contribution in [2.75, 3.05) is 5.75 Å². The van der Waals surface area contributed by atoms with Crippen molar-refractivity contribution in [3.05, 3.63) is 71.8 Å². The van der Waals surface area contributed by atoms with Gasteiger partial charge in [0.25, 0.3) is 5.22 Å². The molecule has 2 aromatic carbocycles. The molecule has 0 atom stereocenters. The van der Waals surface area contributed by atoms with Crippen LogP contribution in [0, 0.1) is 0 Å². The van der Waals surface area contributed by atoms with E-state index < -0.39 is 0 Å². The summed E-state index contributed by atoms with van der Waals surface area (Å²) in [4.78, 5) is 0. The number of hydrogen-bond acceptors (Lipinski definition) is 4. The molecular formula is C21H22N2OS. The van der Waals surface area contributed by atoms with E-state index in [1.165, 1.54) is 22.9 Å². The van der Waals surface area contributed by atoms with Crippen LogP contribution >= 0.6 is 11.8 Å². The second kappa shape index (κ2) is 7.70. The molecule has 0 amide bonds. The quantitative estimate of drug-likeness (QED) is 0.542. The molecule has 0 bridgehead atoms. The molecule has 0 N–H and O–H groups in total. The van der Waals surface area contributed by atoms with Crippen molar-refractivity contribution in [1.29, 1.82) is 0 Å². The normalized spacial score (nSPS) is 12.0. The lowest BCUT2D eigenvalue weighted by atomic mass is 9.87. The zero-order valence-corrected chi connectivity index (χ0v) is 15.6. The van der Waals surface area contributed by atoms with E-state index >= 15 is 0 Å². The zero-order valence-electron chi connectivity index (χ0n) is 14.8. The van der Waals surface area contributed by atoms with Crippen LogP contribution in [0.5, 0.6) is 0 Å². The first-order chi connectivity index (χ1) is 12.0. The maximum absolute atomic E-state index is 5.75. The standard InChI is InChI=1S/C21H22N2OS/c1-21(2,3)18-13-11-17(12-14-18)19-22-23-20(24-19)25-15-7-10-16-8-5-4-6-9-16/h4-14H,15H2,1-3H3. The van der Waals surface area contributed by atoms with E-state index in [0.717, 1.165) is 11.3 Å². The third-order valence-electron chi connectivity index (χ3n) is 3.82. The summed E-state index contributed by atoms with van der Waals surface area (Å²) in [6, 6.07) is 18.5. The predicted octanol–water partition coefficient (Wildman–Crippen LogP) is 5.84. The Hall–Kier alpha value is -2.33. The van der Waals surface area contributed by atoms with Crippen LogP contribution in [-0.4, -0.2) is 16.0 Å². The van der Waals surface area contributed by atoms with Crippen molar-refractivity contribution in [2.45, 2.75) is 31.4 Å². The topological polar surface area (TPSA) is 38.9 Å². The van der Waals surface area contributed by atoms with E-state index in [1.54, 1.807) is 0 Å². The van der Waals surface area contributed by atoms with Gasteiger partial charge in [-0.2, -0.15) is 0 Å². The highest BCUT2D eigenvalue weighted by Crippen LogP contribution is 2.27. The third kappa shape index (κ3) is 4.83. The van der Waals surface area contributed by atoms with Gasteiger partial charge in [0, 0.05) is 11.3 Å². The van der Waals surface area contributed by atoms with E-state index in [2.05, 4.69) is 67.4 Å². The molecule has 4 heteroatoms. The minimum atomic E-state index is 0.138. The molecule has 3 nitrogen and oxygen atoms in total. The number of hydrogen-bond donors (Lipinski definition) is 0. The number of benzene rings is 2. The molecule has 25 heavy (non-hydrogen) atoms. The van der Waals surface area contributed by atoms with Gasteiger partial charge in [-0.05, 0) is 28.7 Å². The molecule has 0 spiro atoms. The SMILES string of the molecule is CC(C)(C)c1ccc(-c2nnc(SCC=Cc3ccccc3)o2)cc1. The fourth-order valence-corrected chi connectivity index (χ4v) is 2.94. The lowest BCUT2D eigenvalue weighted by Gasteiger charge is -2.18. The Morgan fingerprint density at radius 1 is 0.960 bits per heavy atom. The Labute approximate surface area is 153 Å². The van der Waals surface area contributed by atoms with E-state index in [-0.39, 0.29) is 5.41 Å². The summed E-state index contributed by atoms with van der Waals surface area (Å²) in [5.74, 6) is 1.36. The zero-order chi connectivity index (χ0) is 17.7. The largest absolute Gasteiger partial charge is 0.411 e. The fourth-order valence-electron chi connectivity index (χ4n) is 2.37. The summed E-state index contributed by atoms with van der Waals surface area (Å²) in [5.41, 5.74) is 3.57. The van der Waals surface area contributed by atoms with Crippen LogP contribution in [0.25, 0.3) is 17.5 Å². The van der Waals surface area contributed by atoms with Crippen LogP contribution < -0.4 is 0 Å². The minimum Gasteiger partial charge on any atom is -0.411 e. The molecule has 3 aromatic rings. The number of rotatable bonds is 5. The third-order valence-corrected chi connectivity index (χ3v) is 4.59. The van der Waals surface area contributed by atoms with Crippen molar-refractivity contribution < 1.29 is 4.42 Å². The molecule has 0 saturated carbocycles. The van der Waals surface area contributed by atoms with Gasteiger partial charge in [0.2, 0.25) is 5.89 Å². The van der Waals surface area contributed by atoms with Crippen LogP contribution in [0.4, 0.5) is 0 Å². The van der Waals surface area contributed by atoms with Crippen molar-refractivity contribution in [3.8, 4) is 11.5 Å². The summed E-state index contributed by atoms with van der Waals surface area (Å²) in [7, 11) is 0. The van der Waals surface area contributed by atoms with Crippen LogP contribution in [0.2, 0.25) is 0 Å². The summed E-state index contributed by atoms with van der Waals surface area (Å²) >= 11 is 1.54. The van der Waals surface area contributed by atoms with Crippen LogP contribution in [-0.2, 0) is 5.41 Å². The molecule has 128 valence electrons. The highest BCUT2D eigenvalue weighted by atomic mass is 32.2. The average Bonchev–Trinajstić information content (AvgIpc) is 3.08. The van der Waals surface area contributed by atoms with Crippen LogP contribution in [0.15, 0.2) is 70.3 Å². The summed E-state index contributed by atoms with van der Waals surface area (Å²) in [6.07, 6.45) is 4.19. The van der Waals surface area contributed by atoms with E-state index in [9.17, 15) is 0 Å². The second-order valence-electron chi connectivity index (χ2n) is 6.82. The van der Waals surface area contributed by atoms with Gasteiger partial charge >= 0.3 is 0 Å². The number of aromatic nitrogens is 2. The Bertz CT molecular complexity index is 830. The van der Waals surface area contributed by atoms with Crippen molar-refractivity contribution in [3.63, 3.8) is 0 Å². The number of nitrogens with zero attached hydrogens (tertiary/aromatic N) is 2. The first kappa shape index (κ1) is 17.5. The Morgan fingerprint density at radius 3 is 2.36 bits per heavy atom. The van der Waals surface area contributed by atoms with Gasteiger partial charge in [-0.3, -0.25) is 0 Å². The second-order valence-corrected chi connectivity index (χ2v) is 7.80. The van der Waals surface area contributed by atoms with E-state index in [4.69, 9.17) is 4.42 Å². The molecule has 0 unspecified atom stereocenters. The Morgan fingerprint density at radius 2 is 1.68 bits per heavy atom. The van der Waals surface area contributed by atoms with Gasteiger partial charge in [-0.1, -0.05) is 87.1 Å². The monoisotopic (exact) mass is 350 g/mol. The van der Waals surface area contributed by atoms with Crippen molar-refractivity contribution in [1.82, 2.24) is 10.2 Å². The molecule has 0 saturated heterocycles. The van der Waals surface area contributed by atoms with Crippen molar-refractivity contribution in [2.24, 2.45) is 0 Å². The van der Waals surface area contributed by atoms with Gasteiger partial charge in [0.1, 0.15) is 0 Å². The maximum Gasteiger partial charge on any atom is 0.277 e. The first-order valence-corrected chi connectivity index (χ1v) is 9.30. The molecule has 1 heterocycles. The Kier molecular flexibility index (Phi) is 5.39. The number of thioether (sulfide) groups is 1. The summed E-state index contributed by atoms with van der Waals surface area (Å²) in [5, 5.41) is 8.86. The maximum atomic E-state index is 5.75. The molecule has 0 fully saturated rings. The highest BCUT2D eigenvalue weighted by molar-refractivity contribution is 7.99. The summed E-state index contributed by atoms with van der Waals surface area (Å²) in [6.45, 7) is 6.60. The van der Waals surface area contributed by atoms with Gasteiger partial charge in [0.15, 0.2) is 0 Å². The van der Waals surface area contributed by atoms with Gasteiger partial charge in [0.05, 0.1) is 0 Å². The van der Waals surface area contributed by atoms with Gasteiger partial charge < -0.3 is 4.42 Å². The molecular weight excluding hydrogens is 328 g/mol. The Balaban J connectivity index is 1.60. The van der Waals surface area contributed by atoms with Crippen LogP contribution in [0.3, 0.4) is 0 Å². The van der Waals surface area contributed by atoms with Crippen molar-refractivity contribution >= 4 is 17.8 Å². The molecule has 0 aliphatic heterocycles. The fraction of sp³-hybridized carbons (Fsp3) is 0.238. The highest BCUT2D eigenvalue weighted by Gasteiger charge is 2.14.